The number of amides is 1. The molecule has 144 valence electrons. The number of methoxy groups -OCH3 is 2. The quantitative estimate of drug-likeness (QED) is 0.607. The second-order valence-corrected chi connectivity index (χ2v) is 6.64. The Bertz CT molecular complexity index is 911. The number of hydrogen-bond donors (Lipinski definition) is 0. The number of carbonyl (C=O) groups excluding carboxylic acids is 2. The Morgan fingerprint density at radius 1 is 1.04 bits per heavy atom. The van der Waals surface area contributed by atoms with Crippen molar-refractivity contribution in [3.8, 4) is 23.3 Å². The van der Waals surface area contributed by atoms with Gasteiger partial charge in [0.1, 0.15) is 0 Å². The summed E-state index contributed by atoms with van der Waals surface area (Å²) >= 11 is 0. The molecule has 1 fully saturated rings. The molecule has 5 nitrogen and oxygen atoms in total. The van der Waals surface area contributed by atoms with E-state index < -0.39 is 0 Å². The van der Waals surface area contributed by atoms with Crippen LogP contribution in [0.3, 0.4) is 0 Å². The van der Waals surface area contributed by atoms with E-state index in [4.69, 9.17) is 9.47 Å². The first-order chi connectivity index (χ1) is 13.6. The molecule has 1 heterocycles. The number of piperidine rings is 1. The molecule has 0 N–H and O–H groups in total. The standard InChI is InChI=1S/C23H23NO4/c1-27-20-12-11-18(15-21(20)28-2)23(26)19-9-6-14-24(16-19)22(25)13-10-17-7-4-3-5-8-17/h3-5,7-8,11-12,15,19H,6,9,14,16H2,1-2H3/t19-/m1/s1. The lowest BCUT2D eigenvalue weighted by Gasteiger charge is -2.30. The van der Waals surface area contributed by atoms with E-state index in [1.54, 1.807) is 37.3 Å². The van der Waals surface area contributed by atoms with Crippen molar-refractivity contribution >= 4 is 11.7 Å². The van der Waals surface area contributed by atoms with Gasteiger partial charge in [-0.25, -0.2) is 0 Å². The largest absolute Gasteiger partial charge is 0.493 e. The Balaban J connectivity index is 1.70. The molecule has 1 aliphatic rings. The summed E-state index contributed by atoms with van der Waals surface area (Å²) in [6.45, 7) is 1.01. The van der Waals surface area contributed by atoms with Gasteiger partial charge in [0, 0.05) is 36.1 Å². The van der Waals surface area contributed by atoms with Crippen LogP contribution in [0.2, 0.25) is 0 Å². The number of likely N-dealkylation sites (tertiary alicyclic amines) is 1. The smallest absolute Gasteiger partial charge is 0.298 e. The fourth-order valence-corrected chi connectivity index (χ4v) is 3.33. The molecule has 0 aromatic heterocycles. The average molecular weight is 377 g/mol. The first kappa shape index (κ1) is 19.5. The van der Waals surface area contributed by atoms with Gasteiger partial charge in [0.2, 0.25) is 0 Å². The van der Waals surface area contributed by atoms with Gasteiger partial charge in [0.05, 0.1) is 14.2 Å². The van der Waals surface area contributed by atoms with Crippen LogP contribution in [0.4, 0.5) is 0 Å². The number of ether oxygens (including phenoxy) is 2. The number of benzene rings is 2. The minimum absolute atomic E-state index is 0.00877. The van der Waals surface area contributed by atoms with Crippen LogP contribution in [0.1, 0.15) is 28.8 Å². The molecule has 2 aromatic rings. The minimum Gasteiger partial charge on any atom is -0.493 e. The fraction of sp³-hybridized carbons (Fsp3) is 0.304. The van der Waals surface area contributed by atoms with E-state index in [1.807, 2.05) is 30.3 Å². The maximum absolute atomic E-state index is 12.9. The second kappa shape index (κ2) is 9.09. The van der Waals surface area contributed by atoms with Gasteiger partial charge in [-0.2, -0.15) is 0 Å². The highest BCUT2D eigenvalue weighted by atomic mass is 16.5. The lowest BCUT2D eigenvalue weighted by Crippen LogP contribution is -2.41. The molecule has 0 bridgehead atoms. The molecule has 28 heavy (non-hydrogen) atoms. The second-order valence-electron chi connectivity index (χ2n) is 6.64. The van der Waals surface area contributed by atoms with Crippen molar-refractivity contribution in [3.05, 3.63) is 59.7 Å². The summed E-state index contributed by atoms with van der Waals surface area (Å²) < 4.78 is 10.5. The normalized spacial score (nSPS) is 15.9. The molecule has 0 unspecified atom stereocenters. The van der Waals surface area contributed by atoms with Gasteiger partial charge in [0.25, 0.3) is 5.91 Å². The Morgan fingerprint density at radius 3 is 2.50 bits per heavy atom. The van der Waals surface area contributed by atoms with Crippen molar-refractivity contribution in [2.75, 3.05) is 27.3 Å². The van der Waals surface area contributed by atoms with Gasteiger partial charge in [-0.1, -0.05) is 24.1 Å². The molecule has 0 spiro atoms. The van der Waals surface area contributed by atoms with Crippen LogP contribution < -0.4 is 9.47 Å². The van der Waals surface area contributed by atoms with Gasteiger partial charge in [-0.3, -0.25) is 9.59 Å². The average Bonchev–Trinajstić information content (AvgIpc) is 2.77. The Labute approximate surface area is 165 Å². The van der Waals surface area contributed by atoms with Crippen molar-refractivity contribution in [1.29, 1.82) is 0 Å². The summed E-state index contributed by atoms with van der Waals surface area (Å²) in [7, 11) is 3.10. The first-order valence-electron chi connectivity index (χ1n) is 9.24. The van der Waals surface area contributed by atoms with E-state index in [0.29, 0.717) is 30.2 Å². The van der Waals surface area contributed by atoms with Crippen LogP contribution in [-0.4, -0.2) is 43.9 Å². The molecule has 0 radical (unpaired) electrons. The summed E-state index contributed by atoms with van der Waals surface area (Å²) in [6, 6.07) is 14.5. The maximum atomic E-state index is 12.9. The highest BCUT2D eigenvalue weighted by Crippen LogP contribution is 2.30. The highest BCUT2D eigenvalue weighted by molar-refractivity contribution is 5.99. The summed E-state index contributed by atoms with van der Waals surface area (Å²) in [5.74, 6) is 6.20. The number of carbonyl (C=O) groups is 2. The first-order valence-corrected chi connectivity index (χ1v) is 9.24. The van der Waals surface area contributed by atoms with Gasteiger partial charge in [-0.05, 0) is 43.2 Å². The zero-order chi connectivity index (χ0) is 19.9. The van der Waals surface area contributed by atoms with Gasteiger partial charge < -0.3 is 14.4 Å². The van der Waals surface area contributed by atoms with E-state index in [0.717, 1.165) is 18.4 Å². The molecule has 1 amide bonds. The number of rotatable bonds is 4. The molecule has 3 rings (SSSR count). The van der Waals surface area contributed by atoms with Gasteiger partial charge in [0.15, 0.2) is 17.3 Å². The van der Waals surface area contributed by atoms with Gasteiger partial charge >= 0.3 is 0 Å². The SMILES string of the molecule is COc1ccc(C(=O)[C@@H]2CCCN(C(=O)C#Cc3ccccc3)C2)cc1OC. The summed E-state index contributed by atoms with van der Waals surface area (Å²) in [5, 5.41) is 0. The molecule has 0 saturated carbocycles. The Morgan fingerprint density at radius 2 is 1.79 bits per heavy atom. The molecular formula is C23H23NO4. The van der Waals surface area contributed by atoms with Crippen LogP contribution in [0.25, 0.3) is 0 Å². The van der Waals surface area contributed by atoms with E-state index >= 15 is 0 Å². The van der Waals surface area contributed by atoms with E-state index in [-0.39, 0.29) is 17.6 Å². The third kappa shape index (κ3) is 4.52. The van der Waals surface area contributed by atoms with E-state index in [1.165, 1.54) is 0 Å². The van der Waals surface area contributed by atoms with Crippen LogP contribution in [-0.2, 0) is 4.79 Å². The Kier molecular flexibility index (Phi) is 6.33. The number of ketones is 1. The van der Waals surface area contributed by atoms with Crippen molar-refractivity contribution in [2.45, 2.75) is 12.8 Å². The molecule has 1 saturated heterocycles. The third-order valence-electron chi connectivity index (χ3n) is 4.84. The monoisotopic (exact) mass is 377 g/mol. The van der Waals surface area contributed by atoms with Crippen LogP contribution >= 0.6 is 0 Å². The van der Waals surface area contributed by atoms with E-state index in [2.05, 4.69) is 11.8 Å². The van der Waals surface area contributed by atoms with Crippen LogP contribution in [0.5, 0.6) is 11.5 Å². The summed E-state index contributed by atoms with van der Waals surface area (Å²) in [4.78, 5) is 27.1. The molecule has 1 atom stereocenters. The van der Waals surface area contributed by atoms with Gasteiger partial charge in [-0.15, -0.1) is 0 Å². The zero-order valence-corrected chi connectivity index (χ0v) is 16.1. The summed E-state index contributed by atoms with van der Waals surface area (Å²) in [5.41, 5.74) is 1.36. The maximum Gasteiger partial charge on any atom is 0.298 e. The highest BCUT2D eigenvalue weighted by Gasteiger charge is 2.29. The number of nitrogens with zero attached hydrogens (tertiary/aromatic N) is 1. The minimum atomic E-state index is -0.242. The lowest BCUT2D eigenvalue weighted by molar-refractivity contribution is -0.126. The predicted octanol–water partition coefficient (Wildman–Crippen LogP) is 3.18. The van der Waals surface area contributed by atoms with Crippen molar-refractivity contribution in [1.82, 2.24) is 4.90 Å². The lowest BCUT2D eigenvalue weighted by atomic mass is 9.90. The topological polar surface area (TPSA) is 55.8 Å². The predicted molar refractivity (Wildman–Crippen MR) is 107 cm³/mol. The third-order valence-corrected chi connectivity index (χ3v) is 4.84. The zero-order valence-electron chi connectivity index (χ0n) is 16.1. The number of hydrogen-bond acceptors (Lipinski definition) is 4. The van der Waals surface area contributed by atoms with E-state index in [9.17, 15) is 9.59 Å². The van der Waals surface area contributed by atoms with Crippen LogP contribution in [0, 0.1) is 17.8 Å². The van der Waals surface area contributed by atoms with Crippen molar-refractivity contribution in [3.63, 3.8) is 0 Å². The van der Waals surface area contributed by atoms with Crippen LogP contribution in [0.15, 0.2) is 48.5 Å². The Hall–Kier alpha value is -3.26. The molecule has 2 aromatic carbocycles. The number of Topliss-reactive ketones (excluding diaryl/α,β-unsaturated/α-hetero) is 1. The molecule has 5 heteroatoms. The molecule has 1 aliphatic heterocycles. The summed E-state index contributed by atoms with van der Waals surface area (Å²) in [6.07, 6.45) is 1.53. The van der Waals surface area contributed by atoms with Crippen molar-refractivity contribution in [2.24, 2.45) is 5.92 Å². The molecule has 0 aliphatic carbocycles. The molecular weight excluding hydrogens is 354 g/mol. The fourth-order valence-electron chi connectivity index (χ4n) is 3.33. The van der Waals surface area contributed by atoms with Crippen molar-refractivity contribution < 1.29 is 19.1 Å².